The van der Waals surface area contributed by atoms with Crippen LogP contribution >= 0.6 is 0 Å². The second-order valence-corrected chi connectivity index (χ2v) is 6.36. The Bertz CT molecular complexity index is 434. The average Bonchev–Trinajstić information content (AvgIpc) is 2.48. The number of nitrogens with zero attached hydrogens (tertiary/aromatic N) is 2. The van der Waals surface area contributed by atoms with E-state index in [0.29, 0.717) is 5.41 Å². The Morgan fingerprint density at radius 1 is 1.25 bits per heavy atom. The summed E-state index contributed by atoms with van der Waals surface area (Å²) >= 11 is 0. The van der Waals surface area contributed by atoms with Crippen LogP contribution < -0.4 is 10.2 Å². The van der Waals surface area contributed by atoms with Crippen molar-refractivity contribution in [2.45, 2.75) is 53.0 Å². The Morgan fingerprint density at radius 2 is 1.95 bits per heavy atom. The lowest BCUT2D eigenvalue weighted by Gasteiger charge is -2.39. The highest BCUT2D eigenvalue weighted by molar-refractivity contribution is 5.43. The number of rotatable bonds is 5. The van der Waals surface area contributed by atoms with Crippen LogP contribution in [0, 0.1) is 5.41 Å². The summed E-state index contributed by atoms with van der Waals surface area (Å²) < 4.78 is 0. The fraction of sp³-hybridized carbons (Fsp3) is 0.706. The van der Waals surface area contributed by atoms with E-state index < -0.39 is 0 Å². The van der Waals surface area contributed by atoms with Crippen molar-refractivity contribution < 1.29 is 0 Å². The monoisotopic (exact) mass is 275 g/mol. The Hall–Kier alpha value is -1.09. The van der Waals surface area contributed by atoms with Crippen molar-refractivity contribution in [3.8, 4) is 0 Å². The van der Waals surface area contributed by atoms with Crippen molar-refractivity contribution >= 4 is 5.82 Å². The number of hydrogen-bond donors (Lipinski definition) is 1. The lowest BCUT2D eigenvalue weighted by Crippen LogP contribution is -2.39. The number of piperidine rings is 1. The highest BCUT2D eigenvalue weighted by Gasteiger charge is 2.28. The van der Waals surface area contributed by atoms with E-state index in [2.05, 4.69) is 43.1 Å². The van der Waals surface area contributed by atoms with Crippen LogP contribution in [0.3, 0.4) is 0 Å². The van der Waals surface area contributed by atoms with Crippen molar-refractivity contribution in [1.29, 1.82) is 0 Å². The molecule has 0 aromatic carbocycles. The lowest BCUT2D eigenvalue weighted by atomic mass is 9.78. The van der Waals surface area contributed by atoms with Crippen molar-refractivity contribution in [3.05, 3.63) is 23.4 Å². The van der Waals surface area contributed by atoms with Gasteiger partial charge in [-0.15, -0.1) is 0 Å². The summed E-state index contributed by atoms with van der Waals surface area (Å²) in [5.41, 5.74) is 3.09. The molecule has 1 aliphatic heterocycles. The normalized spacial score (nSPS) is 18.3. The molecule has 0 radical (unpaired) electrons. The number of nitrogens with one attached hydrogen (secondary N) is 1. The maximum absolute atomic E-state index is 4.83. The molecule has 0 aliphatic carbocycles. The quantitative estimate of drug-likeness (QED) is 0.893. The first-order valence-electron chi connectivity index (χ1n) is 7.99. The summed E-state index contributed by atoms with van der Waals surface area (Å²) in [6, 6.07) is 4.48. The van der Waals surface area contributed by atoms with E-state index in [1.165, 1.54) is 36.3 Å². The van der Waals surface area contributed by atoms with E-state index in [1.807, 2.05) is 7.05 Å². The van der Waals surface area contributed by atoms with Crippen LogP contribution in [0.1, 0.15) is 51.3 Å². The van der Waals surface area contributed by atoms with Gasteiger partial charge in [-0.05, 0) is 49.4 Å². The SMILES string of the molecule is CCc1cc(CNC)cc(N2CCC(C)(CC)CC2)n1. The fourth-order valence-electron chi connectivity index (χ4n) is 2.91. The lowest BCUT2D eigenvalue weighted by molar-refractivity contribution is 0.237. The minimum absolute atomic E-state index is 0.534. The topological polar surface area (TPSA) is 28.2 Å². The van der Waals surface area contributed by atoms with E-state index in [1.54, 1.807) is 0 Å². The standard InChI is InChI=1S/C17H29N3/c1-5-15-11-14(13-18-4)12-16(19-15)20-9-7-17(3,6-2)8-10-20/h11-12,18H,5-10,13H2,1-4H3. The average molecular weight is 275 g/mol. The van der Waals surface area contributed by atoms with Gasteiger partial charge in [0.1, 0.15) is 5.82 Å². The minimum atomic E-state index is 0.534. The zero-order chi connectivity index (χ0) is 14.6. The van der Waals surface area contributed by atoms with E-state index in [9.17, 15) is 0 Å². The molecule has 1 aromatic heterocycles. The largest absolute Gasteiger partial charge is 0.357 e. The minimum Gasteiger partial charge on any atom is -0.357 e. The van der Waals surface area contributed by atoms with E-state index in [0.717, 1.165) is 26.1 Å². The Balaban J connectivity index is 2.14. The Kier molecular flexibility index (Phi) is 5.03. The van der Waals surface area contributed by atoms with Crippen LogP contribution in [-0.2, 0) is 13.0 Å². The zero-order valence-electron chi connectivity index (χ0n) is 13.5. The van der Waals surface area contributed by atoms with Gasteiger partial charge in [-0.25, -0.2) is 4.98 Å². The van der Waals surface area contributed by atoms with Gasteiger partial charge in [0, 0.05) is 25.3 Å². The Morgan fingerprint density at radius 3 is 2.50 bits per heavy atom. The molecular weight excluding hydrogens is 246 g/mol. The Labute approximate surface area is 123 Å². The molecule has 2 heterocycles. The highest BCUT2D eigenvalue weighted by Crippen LogP contribution is 2.35. The van der Waals surface area contributed by atoms with Crippen molar-refractivity contribution in [1.82, 2.24) is 10.3 Å². The van der Waals surface area contributed by atoms with Gasteiger partial charge in [0.15, 0.2) is 0 Å². The number of hydrogen-bond acceptors (Lipinski definition) is 3. The third-order valence-electron chi connectivity index (χ3n) is 4.82. The third kappa shape index (κ3) is 3.51. The molecule has 1 aromatic rings. The highest BCUT2D eigenvalue weighted by atomic mass is 15.2. The molecule has 1 fully saturated rings. The molecule has 0 amide bonds. The molecule has 3 heteroatoms. The molecule has 0 atom stereocenters. The molecular formula is C17H29N3. The second kappa shape index (κ2) is 6.57. The molecule has 1 N–H and O–H groups in total. The van der Waals surface area contributed by atoms with Crippen molar-refractivity contribution in [2.75, 3.05) is 25.0 Å². The summed E-state index contributed by atoms with van der Waals surface area (Å²) in [4.78, 5) is 7.30. The number of anilines is 1. The summed E-state index contributed by atoms with van der Waals surface area (Å²) in [6.07, 6.45) is 4.85. The van der Waals surface area contributed by atoms with Gasteiger partial charge < -0.3 is 10.2 Å². The molecule has 0 bridgehead atoms. The summed E-state index contributed by atoms with van der Waals surface area (Å²) in [6.45, 7) is 10.1. The van der Waals surface area contributed by atoms with Crippen LogP contribution in [0.2, 0.25) is 0 Å². The van der Waals surface area contributed by atoms with E-state index in [4.69, 9.17) is 4.98 Å². The number of pyridine rings is 1. The second-order valence-electron chi connectivity index (χ2n) is 6.36. The van der Waals surface area contributed by atoms with Crippen LogP contribution in [0.5, 0.6) is 0 Å². The zero-order valence-corrected chi connectivity index (χ0v) is 13.5. The molecule has 20 heavy (non-hydrogen) atoms. The van der Waals surface area contributed by atoms with Gasteiger partial charge in [0.25, 0.3) is 0 Å². The predicted octanol–water partition coefficient (Wildman–Crippen LogP) is 3.38. The first-order valence-corrected chi connectivity index (χ1v) is 7.99. The molecule has 0 unspecified atom stereocenters. The van der Waals surface area contributed by atoms with Crippen molar-refractivity contribution in [2.24, 2.45) is 5.41 Å². The first kappa shape index (κ1) is 15.3. The van der Waals surface area contributed by atoms with Gasteiger partial charge in [0.05, 0.1) is 0 Å². The summed E-state index contributed by atoms with van der Waals surface area (Å²) in [5.74, 6) is 1.17. The smallest absolute Gasteiger partial charge is 0.129 e. The van der Waals surface area contributed by atoms with Gasteiger partial charge in [-0.1, -0.05) is 27.2 Å². The van der Waals surface area contributed by atoms with Crippen LogP contribution in [0.15, 0.2) is 12.1 Å². The molecule has 1 saturated heterocycles. The van der Waals surface area contributed by atoms with Gasteiger partial charge >= 0.3 is 0 Å². The molecule has 3 nitrogen and oxygen atoms in total. The van der Waals surface area contributed by atoms with Crippen LogP contribution in [0.25, 0.3) is 0 Å². The van der Waals surface area contributed by atoms with E-state index >= 15 is 0 Å². The fourth-order valence-corrected chi connectivity index (χ4v) is 2.91. The molecule has 0 saturated carbocycles. The third-order valence-corrected chi connectivity index (χ3v) is 4.82. The maximum atomic E-state index is 4.83. The molecule has 2 rings (SSSR count). The van der Waals surface area contributed by atoms with Crippen LogP contribution in [0.4, 0.5) is 5.82 Å². The molecule has 112 valence electrons. The summed E-state index contributed by atoms with van der Waals surface area (Å²) in [5, 5.41) is 3.24. The van der Waals surface area contributed by atoms with Gasteiger partial charge in [0.2, 0.25) is 0 Å². The van der Waals surface area contributed by atoms with E-state index in [-0.39, 0.29) is 0 Å². The first-order chi connectivity index (χ1) is 9.60. The maximum Gasteiger partial charge on any atom is 0.129 e. The summed E-state index contributed by atoms with van der Waals surface area (Å²) in [7, 11) is 2.00. The number of aromatic nitrogens is 1. The predicted molar refractivity (Wildman–Crippen MR) is 86.2 cm³/mol. The van der Waals surface area contributed by atoms with Gasteiger partial charge in [-0.2, -0.15) is 0 Å². The van der Waals surface area contributed by atoms with Gasteiger partial charge in [-0.3, -0.25) is 0 Å². The number of aryl methyl sites for hydroxylation is 1. The molecule has 1 aliphatic rings. The van der Waals surface area contributed by atoms with Crippen LogP contribution in [-0.4, -0.2) is 25.1 Å². The molecule has 0 spiro atoms. The van der Waals surface area contributed by atoms with Crippen molar-refractivity contribution in [3.63, 3.8) is 0 Å².